The van der Waals surface area contributed by atoms with Crippen LogP contribution in [0.1, 0.15) is 45.9 Å². The molecule has 1 N–H and O–H groups in total. The molecule has 1 aliphatic rings. The number of rotatable bonds is 9. The van der Waals surface area contributed by atoms with Gasteiger partial charge < -0.3 is 9.88 Å². The Hall–Kier alpha value is -1.93. The number of hydrogen-bond acceptors (Lipinski definition) is 4. The number of carbonyl (C=O) groups is 1. The van der Waals surface area contributed by atoms with Gasteiger partial charge in [-0.25, -0.2) is 13.4 Å². The van der Waals surface area contributed by atoms with E-state index in [2.05, 4.69) is 10.3 Å². The van der Waals surface area contributed by atoms with Crippen molar-refractivity contribution in [2.75, 3.05) is 13.1 Å². The van der Waals surface area contributed by atoms with Gasteiger partial charge in [0.25, 0.3) is 0 Å². The Morgan fingerprint density at radius 3 is 2.56 bits per heavy atom. The van der Waals surface area contributed by atoms with Gasteiger partial charge >= 0.3 is 0 Å². The Labute approximate surface area is 160 Å². The first-order chi connectivity index (χ1) is 12.9. The fourth-order valence-electron chi connectivity index (χ4n) is 3.33. The lowest BCUT2D eigenvalue weighted by molar-refractivity contribution is -0.121. The van der Waals surface area contributed by atoms with Gasteiger partial charge in [0.2, 0.25) is 15.9 Å². The number of aromatic nitrogens is 2. The fourth-order valence-corrected chi connectivity index (χ4v) is 4.81. The van der Waals surface area contributed by atoms with Crippen LogP contribution in [-0.2, 0) is 27.8 Å². The third-order valence-corrected chi connectivity index (χ3v) is 7.02. The zero-order chi connectivity index (χ0) is 19.6. The van der Waals surface area contributed by atoms with Crippen molar-refractivity contribution in [3.63, 3.8) is 0 Å². The number of carbonyl (C=O) groups excluding carboxylic acids is 1. The molecule has 0 spiro atoms. The smallest absolute Gasteiger partial charge is 0.243 e. The highest BCUT2D eigenvalue weighted by Gasteiger charge is 2.24. The summed E-state index contributed by atoms with van der Waals surface area (Å²) in [6.45, 7) is 7.27. The molecule has 1 aliphatic carbocycles. The molecule has 0 saturated heterocycles. The number of amides is 1. The van der Waals surface area contributed by atoms with E-state index in [-0.39, 0.29) is 10.8 Å². The second-order valence-corrected chi connectivity index (χ2v) is 8.79. The number of sulfonamides is 1. The third kappa shape index (κ3) is 4.16. The van der Waals surface area contributed by atoms with Crippen molar-refractivity contribution in [2.24, 2.45) is 0 Å². The first-order valence-corrected chi connectivity index (χ1v) is 11.1. The summed E-state index contributed by atoms with van der Waals surface area (Å²) in [6.07, 6.45) is 3.08. The maximum absolute atomic E-state index is 12.8. The van der Waals surface area contributed by atoms with Gasteiger partial charge in [0.1, 0.15) is 5.82 Å². The molecule has 148 valence electrons. The van der Waals surface area contributed by atoms with Crippen LogP contribution in [0.5, 0.6) is 0 Å². The van der Waals surface area contributed by atoms with Gasteiger partial charge in [-0.3, -0.25) is 4.79 Å². The largest absolute Gasteiger partial charge is 0.353 e. The van der Waals surface area contributed by atoms with Crippen LogP contribution < -0.4 is 5.32 Å². The normalized spacial score (nSPS) is 14.8. The van der Waals surface area contributed by atoms with Crippen molar-refractivity contribution in [1.82, 2.24) is 19.2 Å². The second kappa shape index (κ2) is 7.98. The molecule has 1 aromatic heterocycles. The molecule has 1 amide bonds. The van der Waals surface area contributed by atoms with Crippen molar-refractivity contribution in [3.05, 3.63) is 24.0 Å². The predicted octanol–water partition coefficient (Wildman–Crippen LogP) is 2.30. The molecule has 1 saturated carbocycles. The number of benzene rings is 1. The summed E-state index contributed by atoms with van der Waals surface area (Å²) in [7, 11) is -3.52. The standard InChI is InChI=1S/C19H28N4O3S/c1-4-22(5-2)27(25,26)15-9-10-17-16(13-15)21-18(23(17)6-3)11-12-19(24)20-14-7-8-14/h9-10,13-14H,4-8,11-12H2,1-3H3,(H,20,24). The van der Waals surface area contributed by atoms with Gasteiger partial charge in [0, 0.05) is 38.5 Å². The maximum Gasteiger partial charge on any atom is 0.243 e. The summed E-state index contributed by atoms with van der Waals surface area (Å²) < 4.78 is 29.0. The minimum Gasteiger partial charge on any atom is -0.353 e. The highest BCUT2D eigenvalue weighted by Crippen LogP contribution is 2.24. The number of fused-ring (bicyclic) bond motifs is 1. The van der Waals surface area contributed by atoms with E-state index in [1.807, 2.05) is 31.4 Å². The minimum atomic E-state index is -3.52. The molecule has 7 nitrogen and oxygen atoms in total. The van der Waals surface area contributed by atoms with Gasteiger partial charge in [-0.05, 0) is 38.0 Å². The van der Waals surface area contributed by atoms with Crippen molar-refractivity contribution in [1.29, 1.82) is 0 Å². The topological polar surface area (TPSA) is 84.3 Å². The molecule has 0 atom stereocenters. The molecule has 3 rings (SSSR count). The minimum absolute atomic E-state index is 0.0528. The summed E-state index contributed by atoms with van der Waals surface area (Å²) in [6, 6.07) is 5.46. The van der Waals surface area contributed by atoms with Crippen LogP contribution in [0, 0.1) is 0 Å². The Balaban J connectivity index is 1.87. The van der Waals surface area contributed by atoms with Gasteiger partial charge in [-0.1, -0.05) is 13.8 Å². The molecular weight excluding hydrogens is 364 g/mol. The molecule has 27 heavy (non-hydrogen) atoms. The van der Waals surface area contributed by atoms with Crippen LogP contribution in [0.25, 0.3) is 11.0 Å². The molecule has 0 radical (unpaired) electrons. The van der Waals surface area contributed by atoms with Crippen molar-refractivity contribution in [2.45, 2.75) is 63.9 Å². The fraction of sp³-hybridized carbons (Fsp3) is 0.579. The van der Waals surface area contributed by atoms with E-state index in [0.29, 0.717) is 37.5 Å². The summed E-state index contributed by atoms with van der Waals surface area (Å²) in [4.78, 5) is 16.9. The molecule has 1 fully saturated rings. The van der Waals surface area contributed by atoms with E-state index < -0.39 is 10.0 Å². The van der Waals surface area contributed by atoms with Crippen molar-refractivity contribution < 1.29 is 13.2 Å². The second-order valence-electron chi connectivity index (χ2n) is 6.85. The zero-order valence-electron chi connectivity index (χ0n) is 16.2. The van der Waals surface area contributed by atoms with Crippen molar-refractivity contribution >= 4 is 27.0 Å². The molecule has 0 unspecified atom stereocenters. The average molecular weight is 393 g/mol. The predicted molar refractivity (Wildman–Crippen MR) is 105 cm³/mol. The summed E-state index contributed by atoms with van der Waals surface area (Å²) >= 11 is 0. The van der Waals surface area contributed by atoms with Crippen LogP contribution in [0.15, 0.2) is 23.1 Å². The molecule has 0 bridgehead atoms. The third-order valence-electron chi connectivity index (χ3n) is 4.98. The van der Waals surface area contributed by atoms with E-state index in [1.165, 1.54) is 4.31 Å². The van der Waals surface area contributed by atoms with E-state index in [0.717, 1.165) is 30.7 Å². The Morgan fingerprint density at radius 2 is 1.96 bits per heavy atom. The molecule has 1 aromatic carbocycles. The van der Waals surface area contributed by atoms with E-state index in [9.17, 15) is 13.2 Å². The number of nitrogens with zero attached hydrogens (tertiary/aromatic N) is 3. The van der Waals surface area contributed by atoms with Crippen LogP contribution in [-0.4, -0.2) is 47.3 Å². The van der Waals surface area contributed by atoms with Crippen LogP contribution in [0.2, 0.25) is 0 Å². The number of aryl methyl sites for hydroxylation is 2. The summed E-state index contributed by atoms with van der Waals surface area (Å²) in [5, 5.41) is 2.99. The summed E-state index contributed by atoms with van der Waals surface area (Å²) in [5.41, 5.74) is 1.55. The highest BCUT2D eigenvalue weighted by molar-refractivity contribution is 7.89. The first kappa shape index (κ1) is 19.8. The molecule has 0 aliphatic heterocycles. The lowest BCUT2D eigenvalue weighted by Crippen LogP contribution is -2.30. The van der Waals surface area contributed by atoms with E-state index >= 15 is 0 Å². The van der Waals surface area contributed by atoms with Gasteiger partial charge in [0.05, 0.1) is 15.9 Å². The average Bonchev–Trinajstić information content (AvgIpc) is 3.38. The lowest BCUT2D eigenvalue weighted by Gasteiger charge is -2.18. The number of imidazole rings is 1. The molecule has 8 heteroatoms. The Bertz CT molecular complexity index is 928. The zero-order valence-corrected chi connectivity index (χ0v) is 17.1. The molecule has 2 aromatic rings. The van der Waals surface area contributed by atoms with E-state index in [4.69, 9.17) is 0 Å². The quantitative estimate of drug-likeness (QED) is 0.710. The van der Waals surface area contributed by atoms with E-state index in [1.54, 1.807) is 12.1 Å². The summed E-state index contributed by atoms with van der Waals surface area (Å²) in [5.74, 6) is 0.868. The molecular formula is C19H28N4O3S. The first-order valence-electron chi connectivity index (χ1n) is 9.69. The monoisotopic (exact) mass is 392 g/mol. The number of nitrogens with one attached hydrogen (secondary N) is 1. The number of hydrogen-bond donors (Lipinski definition) is 1. The Morgan fingerprint density at radius 1 is 1.26 bits per heavy atom. The van der Waals surface area contributed by atoms with Crippen LogP contribution in [0.3, 0.4) is 0 Å². The van der Waals surface area contributed by atoms with Crippen LogP contribution in [0.4, 0.5) is 0 Å². The van der Waals surface area contributed by atoms with Gasteiger partial charge in [0.15, 0.2) is 0 Å². The van der Waals surface area contributed by atoms with Crippen LogP contribution >= 0.6 is 0 Å². The van der Waals surface area contributed by atoms with Crippen molar-refractivity contribution in [3.8, 4) is 0 Å². The van der Waals surface area contributed by atoms with Gasteiger partial charge in [-0.2, -0.15) is 4.31 Å². The molecule has 1 heterocycles. The highest BCUT2D eigenvalue weighted by atomic mass is 32.2. The maximum atomic E-state index is 12.8. The lowest BCUT2D eigenvalue weighted by atomic mass is 10.2. The Kier molecular flexibility index (Phi) is 5.86. The SMILES string of the molecule is CCN(CC)S(=O)(=O)c1ccc2c(c1)nc(CCC(=O)NC1CC1)n2CC. The van der Waals surface area contributed by atoms with Gasteiger partial charge in [-0.15, -0.1) is 0 Å².